The summed E-state index contributed by atoms with van der Waals surface area (Å²) in [5.74, 6) is -0.0446. The summed E-state index contributed by atoms with van der Waals surface area (Å²) in [6.07, 6.45) is 2.95. The number of cyclic esters (lactones) is 1. The van der Waals surface area contributed by atoms with Crippen LogP contribution in [0, 0.1) is 19.3 Å². The van der Waals surface area contributed by atoms with E-state index in [1.165, 1.54) is 11.5 Å². The number of piperidine rings is 2. The van der Waals surface area contributed by atoms with Crippen molar-refractivity contribution in [3.63, 3.8) is 0 Å². The molecule has 7 nitrogen and oxygen atoms in total. The molecule has 1 aromatic heterocycles. The van der Waals surface area contributed by atoms with Gasteiger partial charge in [-0.3, -0.25) is 4.79 Å². The summed E-state index contributed by atoms with van der Waals surface area (Å²) in [5.41, 5.74) is 3.94. The average molecular weight is 456 g/mol. The monoisotopic (exact) mass is 455 g/mol. The number of carbonyl (C=O) groups excluding carboxylic acids is 2. The molecular formula is C24H29N3O4S. The van der Waals surface area contributed by atoms with Gasteiger partial charge in [0.1, 0.15) is 11.6 Å². The van der Waals surface area contributed by atoms with Crippen molar-refractivity contribution in [2.24, 2.45) is 5.41 Å². The smallest absolute Gasteiger partial charge is 0.338 e. The summed E-state index contributed by atoms with van der Waals surface area (Å²) < 4.78 is 9.49. The number of anilines is 1. The highest BCUT2D eigenvalue weighted by molar-refractivity contribution is 7.10. The molecule has 1 spiro atoms. The van der Waals surface area contributed by atoms with Crippen molar-refractivity contribution >= 4 is 28.4 Å². The molecule has 2 aromatic rings. The Morgan fingerprint density at radius 3 is 2.69 bits per heavy atom. The van der Waals surface area contributed by atoms with Crippen LogP contribution in [-0.2, 0) is 16.1 Å². The number of hydrogen-bond donors (Lipinski definition) is 1. The zero-order chi connectivity index (χ0) is 22.5. The number of benzene rings is 1. The molecule has 1 N–H and O–H groups in total. The van der Waals surface area contributed by atoms with Crippen molar-refractivity contribution in [1.82, 2.24) is 9.27 Å². The largest absolute Gasteiger partial charge is 0.457 e. The van der Waals surface area contributed by atoms with E-state index < -0.39 is 6.10 Å². The Hall–Kier alpha value is -2.29. The zero-order valence-corrected chi connectivity index (χ0v) is 19.4. The van der Waals surface area contributed by atoms with Gasteiger partial charge in [0.05, 0.1) is 22.8 Å². The lowest BCUT2D eigenvalue weighted by atomic mass is 9.71. The first-order chi connectivity index (χ1) is 15.4. The fourth-order valence-corrected chi connectivity index (χ4v) is 6.24. The minimum absolute atomic E-state index is 0.242. The lowest BCUT2D eigenvalue weighted by Gasteiger charge is -2.46. The molecule has 0 aliphatic carbocycles. The quantitative estimate of drug-likeness (QED) is 0.712. The highest BCUT2D eigenvalue weighted by atomic mass is 32.1. The Labute approximate surface area is 192 Å². The van der Waals surface area contributed by atoms with Crippen LogP contribution in [0.1, 0.15) is 64.5 Å². The van der Waals surface area contributed by atoms with Gasteiger partial charge >= 0.3 is 5.97 Å². The molecule has 2 saturated heterocycles. The van der Waals surface area contributed by atoms with Gasteiger partial charge in [-0.05, 0) is 87.4 Å². The second-order valence-corrected chi connectivity index (χ2v) is 10.1. The molecule has 32 heavy (non-hydrogen) atoms. The Balaban J connectivity index is 1.24. The van der Waals surface area contributed by atoms with Gasteiger partial charge in [0.15, 0.2) is 0 Å². The van der Waals surface area contributed by atoms with Gasteiger partial charge in [-0.15, -0.1) is 0 Å². The summed E-state index contributed by atoms with van der Waals surface area (Å²) in [7, 11) is 0. The van der Waals surface area contributed by atoms with Gasteiger partial charge in [0.2, 0.25) is 5.91 Å². The fourth-order valence-electron chi connectivity index (χ4n) is 5.46. The topological polar surface area (TPSA) is 83.0 Å². The summed E-state index contributed by atoms with van der Waals surface area (Å²) >= 11 is 1.41. The molecule has 3 aliphatic rings. The number of aromatic nitrogens is 1. The third-order valence-electron chi connectivity index (χ3n) is 7.43. The number of carbonyl (C=O) groups is 2. The second-order valence-electron chi connectivity index (χ2n) is 9.35. The first-order valence-corrected chi connectivity index (χ1v) is 12.1. The number of rotatable bonds is 4. The molecule has 1 aromatic carbocycles. The van der Waals surface area contributed by atoms with E-state index in [1.807, 2.05) is 30.9 Å². The number of β-amino-alcohol motifs (C(OH)–C–C–N with tert-alkyl or cyclic N) is 1. The van der Waals surface area contributed by atoms with Crippen LogP contribution in [-0.4, -0.2) is 52.4 Å². The molecule has 5 rings (SSSR count). The second kappa shape index (κ2) is 8.24. The van der Waals surface area contributed by atoms with Crippen molar-refractivity contribution in [2.45, 2.75) is 52.2 Å². The van der Waals surface area contributed by atoms with Crippen molar-refractivity contribution in [3.05, 3.63) is 46.1 Å². The van der Waals surface area contributed by atoms with Crippen molar-refractivity contribution in [3.8, 4) is 0 Å². The molecule has 8 heteroatoms. The van der Waals surface area contributed by atoms with E-state index in [0.717, 1.165) is 72.7 Å². The number of aliphatic hydroxyl groups excluding tert-OH is 1. The van der Waals surface area contributed by atoms with E-state index in [0.29, 0.717) is 12.1 Å². The molecule has 1 amide bonds. The number of amides is 1. The Morgan fingerprint density at radius 1 is 1.19 bits per heavy atom. The maximum Gasteiger partial charge on any atom is 0.338 e. The van der Waals surface area contributed by atoms with Crippen LogP contribution in [0.25, 0.3) is 0 Å². The van der Waals surface area contributed by atoms with Gasteiger partial charge in [-0.2, -0.15) is 4.37 Å². The van der Waals surface area contributed by atoms with E-state index in [2.05, 4.69) is 9.27 Å². The molecule has 2 fully saturated rings. The molecule has 0 saturated carbocycles. The average Bonchev–Trinajstić information content (AvgIpc) is 3.38. The number of nitrogens with zero attached hydrogens (tertiary/aromatic N) is 3. The molecule has 0 bridgehead atoms. The highest BCUT2D eigenvalue weighted by Crippen LogP contribution is 2.43. The van der Waals surface area contributed by atoms with E-state index in [-0.39, 0.29) is 23.9 Å². The molecule has 4 heterocycles. The fraction of sp³-hybridized carbons (Fsp3) is 0.542. The number of aryl methyl sites for hydroxylation is 1. The van der Waals surface area contributed by atoms with Crippen LogP contribution >= 0.6 is 11.5 Å². The van der Waals surface area contributed by atoms with Crippen LogP contribution < -0.4 is 4.90 Å². The van der Waals surface area contributed by atoms with E-state index >= 15 is 0 Å². The Bertz CT molecular complexity index is 1060. The summed E-state index contributed by atoms with van der Waals surface area (Å²) in [6.45, 7) is 7.08. The lowest BCUT2D eigenvalue weighted by Crippen LogP contribution is -2.54. The van der Waals surface area contributed by atoms with Gasteiger partial charge in [0.25, 0.3) is 0 Å². The maximum atomic E-state index is 13.4. The summed E-state index contributed by atoms with van der Waals surface area (Å²) in [6, 6.07) is 5.61. The molecular weight excluding hydrogens is 426 g/mol. The predicted molar refractivity (Wildman–Crippen MR) is 122 cm³/mol. The van der Waals surface area contributed by atoms with Crippen LogP contribution in [0.5, 0.6) is 0 Å². The van der Waals surface area contributed by atoms with Gasteiger partial charge in [-0.25, -0.2) is 4.79 Å². The minimum atomic E-state index is -0.635. The van der Waals surface area contributed by atoms with Gasteiger partial charge in [-0.1, -0.05) is 6.07 Å². The molecule has 3 aliphatic heterocycles. The number of esters is 1. The first kappa shape index (κ1) is 21.6. The predicted octanol–water partition coefficient (Wildman–Crippen LogP) is 3.37. The standard InChI is InChI=1S/C24H29N3O4S/c1-15-12-21(32-25-15)27-9-3-6-24(23(27)30)7-10-26(11-8-24)13-20(28)17-4-5-18-19(16(17)2)14-31-22(18)29/h4-5,12,20,28H,3,6-11,13-14H2,1-2H3. The number of ether oxygens (including phenoxy) is 1. The lowest BCUT2D eigenvalue weighted by molar-refractivity contribution is -0.133. The Kier molecular flexibility index (Phi) is 5.55. The van der Waals surface area contributed by atoms with E-state index in [1.54, 1.807) is 6.07 Å². The SMILES string of the molecule is Cc1cc(N2CCCC3(CCN(CC(O)c4ccc5c(c4C)COC5=O)CC3)C2=O)sn1. The Morgan fingerprint density at radius 2 is 1.97 bits per heavy atom. The molecule has 170 valence electrons. The summed E-state index contributed by atoms with van der Waals surface area (Å²) in [5, 5.41) is 11.9. The first-order valence-electron chi connectivity index (χ1n) is 11.3. The number of hydrogen-bond acceptors (Lipinski definition) is 7. The third kappa shape index (κ3) is 3.64. The highest BCUT2D eigenvalue weighted by Gasteiger charge is 2.46. The van der Waals surface area contributed by atoms with E-state index in [4.69, 9.17) is 4.74 Å². The van der Waals surface area contributed by atoms with Crippen LogP contribution in [0.4, 0.5) is 5.00 Å². The summed E-state index contributed by atoms with van der Waals surface area (Å²) in [4.78, 5) is 29.4. The van der Waals surface area contributed by atoms with Crippen LogP contribution in [0.15, 0.2) is 18.2 Å². The van der Waals surface area contributed by atoms with Gasteiger partial charge < -0.3 is 19.6 Å². The van der Waals surface area contributed by atoms with Crippen LogP contribution in [0.2, 0.25) is 0 Å². The van der Waals surface area contributed by atoms with Crippen molar-refractivity contribution in [1.29, 1.82) is 0 Å². The zero-order valence-electron chi connectivity index (χ0n) is 18.6. The number of fused-ring (bicyclic) bond motifs is 1. The molecule has 1 unspecified atom stereocenters. The maximum absolute atomic E-state index is 13.4. The molecule has 0 radical (unpaired) electrons. The molecule has 1 atom stereocenters. The van der Waals surface area contributed by atoms with Crippen LogP contribution in [0.3, 0.4) is 0 Å². The minimum Gasteiger partial charge on any atom is -0.457 e. The van der Waals surface area contributed by atoms with E-state index in [9.17, 15) is 14.7 Å². The number of aliphatic hydroxyl groups is 1. The third-order valence-corrected chi connectivity index (χ3v) is 8.33. The van der Waals surface area contributed by atoms with Crippen molar-refractivity contribution < 1.29 is 19.4 Å². The number of likely N-dealkylation sites (tertiary alicyclic amines) is 1. The normalized spacial score (nSPS) is 21.7. The van der Waals surface area contributed by atoms with Crippen molar-refractivity contribution in [2.75, 3.05) is 31.1 Å². The van der Waals surface area contributed by atoms with Gasteiger partial charge in [0, 0.05) is 18.7 Å².